The van der Waals surface area contributed by atoms with Crippen molar-refractivity contribution in [3.63, 3.8) is 0 Å². The van der Waals surface area contributed by atoms with Crippen molar-refractivity contribution < 1.29 is 13.2 Å². The Kier molecular flexibility index (Phi) is 5.42. The van der Waals surface area contributed by atoms with E-state index < -0.39 is 10.2 Å². The normalized spacial score (nSPS) is 33.5. The maximum atomic E-state index is 12.6. The highest BCUT2D eigenvalue weighted by atomic mass is 32.2. The van der Waals surface area contributed by atoms with E-state index in [0.717, 1.165) is 25.9 Å². The van der Waals surface area contributed by atoms with E-state index in [0.29, 0.717) is 25.6 Å². The van der Waals surface area contributed by atoms with Gasteiger partial charge in [0.15, 0.2) is 0 Å². The van der Waals surface area contributed by atoms with Crippen LogP contribution in [-0.4, -0.2) is 69.0 Å². The Hall–Kier alpha value is -0.210. The molecule has 0 bridgehead atoms. The summed E-state index contributed by atoms with van der Waals surface area (Å²) in [5, 5.41) is 3.33. The van der Waals surface area contributed by atoms with Gasteiger partial charge in [-0.15, -0.1) is 0 Å². The molecule has 0 amide bonds. The monoisotopic (exact) mass is 305 g/mol. The zero-order valence-corrected chi connectivity index (χ0v) is 13.5. The first-order valence-electron chi connectivity index (χ1n) is 7.47. The SMILES string of the molecule is CC1CN(S(=O)(=O)N(C)CC2CCCNC2)CC(C)O1. The molecule has 0 aromatic carbocycles. The van der Waals surface area contributed by atoms with Crippen molar-refractivity contribution >= 4 is 10.2 Å². The van der Waals surface area contributed by atoms with Gasteiger partial charge in [-0.2, -0.15) is 17.0 Å². The van der Waals surface area contributed by atoms with Crippen LogP contribution in [0.5, 0.6) is 0 Å². The van der Waals surface area contributed by atoms with Crippen LogP contribution in [0.4, 0.5) is 0 Å². The van der Waals surface area contributed by atoms with Crippen LogP contribution < -0.4 is 5.32 Å². The average molecular weight is 305 g/mol. The summed E-state index contributed by atoms with van der Waals surface area (Å²) in [5.74, 6) is 0.416. The summed E-state index contributed by atoms with van der Waals surface area (Å²) in [4.78, 5) is 0. The summed E-state index contributed by atoms with van der Waals surface area (Å²) in [6.07, 6.45) is 2.14. The van der Waals surface area contributed by atoms with E-state index in [1.54, 1.807) is 11.4 Å². The number of nitrogens with zero attached hydrogens (tertiary/aromatic N) is 2. The topological polar surface area (TPSA) is 61.9 Å². The van der Waals surface area contributed by atoms with Crippen LogP contribution in [0.15, 0.2) is 0 Å². The molecule has 1 N–H and O–H groups in total. The molecule has 0 spiro atoms. The number of hydrogen-bond acceptors (Lipinski definition) is 4. The zero-order chi connectivity index (χ0) is 14.8. The number of morpholine rings is 1. The van der Waals surface area contributed by atoms with E-state index >= 15 is 0 Å². The molecular weight excluding hydrogens is 278 g/mol. The first-order valence-corrected chi connectivity index (χ1v) is 8.87. The van der Waals surface area contributed by atoms with Gasteiger partial charge < -0.3 is 10.1 Å². The fourth-order valence-corrected chi connectivity index (χ4v) is 4.64. The maximum absolute atomic E-state index is 12.6. The predicted octanol–water partition coefficient (Wildman–Crippen LogP) is 0.272. The van der Waals surface area contributed by atoms with E-state index in [2.05, 4.69) is 5.32 Å². The van der Waals surface area contributed by atoms with Crippen LogP contribution in [0, 0.1) is 5.92 Å². The molecule has 118 valence electrons. The molecule has 0 radical (unpaired) electrons. The molecule has 0 saturated carbocycles. The molecule has 2 heterocycles. The third-order valence-electron chi connectivity index (χ3n) is 4.02. The lowest BCUT2D eigenvalue weighted by molar-refractivity contribution is -0.0453. The highest BCUT2D eigenvalue weighted by molar-refractivity contribution is 7.86. The van der Waals surface area contributed by atoms with Gasteiger partial charge in [0.25, 0.3) is 10.2 Å². The highest BCUT2D eigenvalue weighted by Gasteiger charge is 2.34. The zero-order valence-electron chi connectivity index (χ0n) is 12.7. The van der Waals surface area contributed by atoms with Crippen LogP contribution in [0.25, 0.3) is 0 Å². The molecule has 6 nitrogen and oxygen atoms in total. The summed E-state index contributed by atoms with van der Waals surface area (Å²) >= 11 is 0. The quantitative estimate of drug-likeness (QED) is 0.810. The number of rotatable bonds is 4. The Bertz CT molecular complexity index is 399. The Morgan fingerprint density at radius 3 is 2.50 bits per heavy atom. The molecule has 0 aromatic heterocycles. The second-order valence-corrected chi connectivity index (χ2v) is 8.11. The summed E-state index contributed by atoms with van der Waals surface area (Å²) < 4.78 is 33.9. The Morgan fingerprint density at radius 2 is 1.95 bits per heavy atom. The van der Waals surface area contributed by atoms with Crippen molar-refractivity contribution in [3.8, 4) is 0 Å². The first-order chi connectivity index (χ1) is 9.39. The van der Waals surface area contributed by atoms with Crippen molar-refractivity contribution in [1.82, 2.24) is 13.9 Å². The largest absolute Gasteiger partial charge is 0.373 e. The van der Waals surface area contributed by atoms with E-state index in [-0.39, 0.29) is 12.2 Å². The minimum Gasteiger partial charge on any atom is -0.373 e. The first kappa shape index (κ1) is 16.2. The third-order valence-corrected chi connectivity index (χ3v) is 5.91. The van der Waals surface area contributed by atoms with Crippen molar-refractivity contribution in [3.05, 3.63) is 0 Å². The van der Waals surface area contributed by atoms with Crippen molar-refractivity contribution in [2.75, 3.05) is 39.8 Å². The molecule has 2 fully saturated rings. The van der Waals surface area contributed by atoms with Gasteiger partial charge in [0, 0.05) is 26.7 Å². The van der Waals surface area contributed by atoms with Gasteiger partial charge in [0.1, 0.15) is 0 Å². The van der Waals surface area contributed by atoms with Gasteiger partial charge >= 0.3 is 0 Å². The molecule has 0 aliphatic carbocycles. The number of ether oxygens (including phenoxy) is 1. The van der Waals surface area contributed by atoms with Gasteiger partial charge in [0.05, 0.1) is 12.2 Å². The summed E-state index contributed by atoms with van der Waals surface area (Å²) in [6.45, 7) is 7.28. The highest BCUT2D eigenvalue weighted by Crippen LogP contribution is 2.19. The van der Waals surface area contributed by atoms with Crippen molar-refractivity contribution in [1.29, 1.82) is 0 Å². The minimum absolute atomic E-state index is 0.0433. The van der Waals surface area contributed by atoms with Crippen LogP contribution in [0.2, 0.25) is 0 Å². The van der Waals surface area contributed by atoms with Crippen LogP contribution in [-0.2, 0) is 14.9 Å². The number of piperidine rings is 1. The van der Waals surface area contributed by atoms with Crippen LogP contribution >= 0.6 is 0 Å². The maximum Gasteiger partial charge on any atom is 0.281 e. The lowest BCUT2D eigenvalue weighted by atomic mass is 10.00. The van der Waals surface area contributed by atoms with Crippen molar-refractivity contribution in [2.24, 2.45) is 5.92 Å². The Balaban J connectivity index is 1.97. The Morgan fingerprint density at radius 1 is 1.30 bits per heavy atom. The minimum atomic E-state index is -3.37. The smallest absolute Gasteiger partial charge is 0.281 e. The second-order valence-electron chi connectivity index (χ2n) is 6.07. The fraction of sp³-hybridized carbons (Fsp3) is 1.00. The van der Waals surface area contributed by atoms with Gasteiger partial charge in [-0.25, -0.2) is 0 Å². The summed E-state index contributed by atoms with van der Waals surface area (Å²) in [6, 6.07) is 0. The van der Waals surface area contributed by atoms with Crippen LogP contribution in [0.3, 0.4) is 0 Å². The van der Waals surface area contributed by atoms with Gasteiger partial charge in [-0.1, -0.05) is 0 Å². The molecule has 2 saturated heterocycles. The average Bonchev–Trinajstić information content (AvgIpc) is 2.38. The fourth-order valence-electron chi connectivity index (χ4n) is 3.05. The van der Waals surface area contributed by atoms with E-state index in [1.807, 2.05) is 13.8 Å². The van der Waals surface area contributed by atoms with E-state index in [1.165, 1.54) is 4.31 Å². The lowest BCUT2D eigenvalue weighted by Gasteiger charge is -2.37. The van der Waals surface area contributed by atoms with Crippen LogP contribution in [0.1, 0.15) is 26.7 Å². The lowest BCUT2D eigenvalue weighted by Crippen LogP contribution is -2.53. The number of hydrogen-bond donors (Lipinski definition) is 1. The molecule has 2 aliphatic rings. The molecule has 3 unspecified atom stereocenters. The third kappa shape index (κ3) is 3.92. The molecule has 7 heteroatoms. The van der Waals surface area contributed by atoms with E-state index in [9.17, 15) is 8.42 Å². The Labute approximate surface area is 122 Å². The van der Waals surface area contributed by atoms with Gasteiger partial charge in [0.2, 0.25) is 0 Å². The summed E-state index contributed by atoms with van der Waals surface area (Å²) in [7, 11) is -1.68. The van der Waals surface area contributed by atoms with Gasteiger partial charge in [-0.3, -0.25) is 0 Å². The van der Waals surface area contributed by atoms with Gasteiger partial charge in [-0.05, 0) is 45.7 Å². The molecule has 2 rings (SSSR count). The van der Waals surface area contributed by atoms with Crippen molar-refractivity contribution in [2.45, 2.75) is 38.9 Å². The molecule has 2 aliphatic heterocycles. The van der Waals surface area contributed by atoms with E-state index in [4.69, 9.17) is 4.74 Å². The molecule has 20 heavy (non-hydrogen) atoms. The summed E-state index contributed by atoms with van der Waals surface area (Å²) in [5.41, 5.74) is 0. The molecule has 0 aromatic rings. The standard InChI is InChI=1S/C13H27N3O3S/c1-11-8-16(9-12(2)19-11)20(17,18)15(3)10-13-5-4-6-14-7-13/h11-14H,4-10H2,1-3H3. The molecular formula is C13H27N3O3S. The second kappa shape index (κ2) is 6.70. The predicted molar refractivity (Wildman–Crippen MR) is 78.7 cm³/mol. The number of nitrogens with one attached hydrogen (secondary N) is 1. The molecule has 3 atom stereocenters.